The third-order valence-electron chi connectivity index (χ3n) is 3.50. The van der Waals surface area contributed by atoms with Gasteiger partial charge in [0.1, 0.15) is 0 Å². The van der Waals surface area contributed by atoms with Crippen molar-refractivity contribution < 1.29 is 0 Å². The second kappa shape index (κ2) is 5.76. The zero-order chi connectivity index (χ0) is 13.9. The molecule has 0 atom stereocenters. The highest BCUT2D eigenvalue weighted by molar-refractivity contribution is 5.83. The minimum atomic E-state index is -0.0769. The van der Waals surface area contributed by atoms with Gasteiger partial charge in [-0.2, -0.15) is 0 Å². The van der Waals surface area contributed by atoms with Crippen LogP contribution in [0.3, 0.4) is 0 Å². The molecular weight excluding hydrogens is 234 g/mol. The lowest BCUT2D eigenvalue weighted by Gasteiger charge is -2.18. The molecule has 0 spiro atoms. The Labute approximate surface area is 115 Å². The summed E-state index contributed by atoms with van der Waals surface area (Å²) in [5.74, 6) is 0. The van der Waals surface area contributed by atoms with Gasteiger partial charge in [0.15, 0.2) is 0 Å². The maximum Gasteiger partial charge on any atom is 0.0480 e. The Morgan fingerprint density at radius 2 is 1.95 bits per heavy atom. The van der Waals surface area contributed by atoms with Crippen molar-refractivity contribution in [1.29, 1.82) is 0 Å². The number of rotatable bonds is 6. The lowest BCUT2D eigenvalue weighted by atomic mass is 10.0. The number of fused-ring (bicyclic) bond motifs is 1. The average molecular weight is 259 g/mol. The highest BCUT2D eigenvalue weighted by atomic mass is 14.9. The van der Waals surface area contributed by atoms with Gasteiger partial charge in [-0.05, 0) is 51.4 Å². The lowest BCUT2D eigenvalue weighted by Crippen LogP contribution is -2.36. The summed E-state index contributed by atoms with van der Waals surface area (Å²) in [5.41, 5.74) is 8.61. The predicted octanol–water partition coefficient (Wildman–Crippen LogP) is 2.44. The predicted molar refractivity (Wildman–Crippen MR) is 82.4 cm³/mol. The summed E-state index contributed by atoms with van der Waals surface area (Å²) in [7, 11) is 2.11. The van der Waals surface area contributed by atoms with E-state index in [1.807, 2.05) is 0 Å². The molecule has 1 aromatic heterocycles. The van der Waals surface area contributed by atoms with Crippen molar-refractivity contribution in [3.05, 3.63) is 36.0 Å². The topological polar surface area (TPSA) is 43.0 Å². The Morgan fingerprint density at radius 3 is 2.68 bits per heavy atom. The van der Waals surface area contributed by atoms with Gasteiger partial charge in [0.25, 0.3) is 0 Å². The van der Waals surface area contributed by atoms with Crippen molar-refractivity contribution in [2.45, 2.75) is 32.2 Å². The number of aromatic nitrogens is 1. The maximum absolute atomic E-state index is 5.96. The largest absolute Gasteiger partial charge is 0.350 e. The van der Waals surface area contributed by atoms with E-state index < -0.39 is 0 Å². The minimum absolute atomic E-state index is 0.0769. The molecule has 2 rings (SSSR count). The van der Waals surface area contributed by atoms with Crippen molar-refractivity contribution in [3.8, 4) is 0 Å². The first-order chi connectivity index (χ1) is 8.97. The molecular formula is C16H25N3. The van der Waals surface area contributed by atoms with Crippen molar-refractivity contribution >= 4 is 10.9 Å². The van der Waals surface area contributed by atoms with Crippen LogP contribution in [0.15, 0.2) is 30.5 Å². The second-order valence-corrected chi connectivity index (χ2v) is 6.02. The van der Waals surface area contributed by atoms with E-state index in [4.69, 9.17) is 5.73 Å². The third kappa shape index (κ3) is 3.82. The zero-order valence-corrected chi connectivity index (χ0v) is 12.2. The smallest absolute Gasteiger partial charge is 0.0480 e. The monoisotopic (exact) mass is 259 g/mol. The zero-order valence-electron chi connectivity index (χ0n) is 12.2. The van der Waals surface area contributed by atoms with Crippen LogP contribution in [-0.4, -0.2) is 23.2 Å². The van der Waals surface area contributed by atoms with E-state index in [9.17, 15) is 0 Å². The molecule has 0 unspecified atom stereocenters. The normalized spacial score (nSPS) is 12.2. The van der Waals surface area contributed by atoms with Crippen LogP contribution >= 0.6 is 0 Å². The highest BCUT2D eigenvalue weighted by Gasteiger charge is 2.09. The summed E-state index contributed by atoms with van der Waals surface area (Å²) in [6, 6.07) is 8.57. The van der Waals surface area contributed by atoms with Gasteiger partial charge in [-0.25, -0.2) is 0 Å². The van der Waals surface area contributed by atoms with E-state index in [1.165, 1.54) is 16.5 Å². The van der Waals surface area contributed by atoms with Crippen LogP contribution in [0.4, 0.5) is 0 Å². The molecule has 0 aliphatic heterocycles. The molecule has 104 valence electrons. The van der Waals surface area contributed by atoms with Gasteiger partial charge >= 0.3 is 0 Å². The number of hydrogen-bond acceptors (Lipinski definition) is 2. The van der Waals surface area contributed by atoms with Crippen LogP contribution in [-0.2, 0) is 13.5 Å². The van der Waals surface area contributed by atoms with E-state index in [1.54, 1.807) is 0 Å². The molecule has 0 saturated heterocycles. The first-order valence-electron chi connectivity index (χ1n) is 7.00. The van der Waals surface area contributed by atoms with Gasteiger partial charge in [0.2, 0.25) is 0 Å². The number of hydrogen-bond donors (Lipinski definition) is 2. The minimum Gasteiger partial charge on any atom is -0.350 e. The maximum atomic E-state index is 5.96. The Hall–Kier alpha value is -1.32. The molecule has 2 aromatic rings. The summed E-state index contributed by atoms with van der Waals surface area (Å²) in [4.78, 5) is 0. The SMILES string of the molecule is Cn1cc(CCNCCC(C)(C)N)c2ccccc21. The van der Waals surface area contributed by atoms with Crippen LogP contribution in [0.2, 0.25) is 0 Å². The fraction of sp³-hybridized carbons (Fsp3) is 0.500. The molecule has 19 heavy (non-hydrogen) atoms. The quantitative estimate of drug-likeness (QED) is 0.783. The molecule has 3 N–H and O–H groups in total. The van der Waals surface area contributed by atoms with Crippen LogP contribution in [0.1, 0.15) is 25.8 Å². The van der Waals surface area contributed by atoms with Gasteiger partial charge in [0, 0.05) is 29.7 Å². The van der Waals surface area contributed by atoms with Gasteiger partial charge in [0.05, 0.1) is 0 Å². The number of nitrogens with zero attached hydrogens (tertiary/aromatic N) is 1. The molecule has 0 aliphatic rings. The Bertz CT molecular complexity index is 534. The standard InChI is InChI=1S/C16H25N3/c1-16(2,17)9-11-18-10-8-13-12-19(3)15-7-5-4-6-14(13)15/h4-7,12,18H,8-11,17H2,1-3H3. The summed E-state index contributed by atoms with van der Waals surface area (Å²) >= 11 is 0. The summed E-state index contributed by atoms with van der Waals surface area (Å²) in [6.07, 6.45) is 4.30. The number of aryl methyl sites for hydroxylation is 1. The van der Waals surface area contributed by atoms with Crippen molar-refractivity contribution in [2.75, 3.05) is 13.1 Å². The average Bonchev–Trinajstić information content (AvgIpc) is 2.65. The molecule has 0 saturated carbocycles. The van der Waals surface area contributed by atoms with Gasteiger partial charge in [-0.1, -0.05) is 18.2 Å². The van der Waals surface area contributed by atoms with Gasteiger partial charge in [-0.3, -0.25) is 0 Å². The molecule has 1 aromatic carbocycles. The first kappa shape index (κ1) is 14.1. The molecule has 3 nitrogen and oxygen atoms in total. The van der Waals surface area contributed by atoms with E-state index in [0.29, 0.717) is 0 Å². The van der Waals surface area contributed by atoms with E-state index in [0.717, 1.165) is 25.9 Å². The number of para-hydroxylation sites is 1. The van der Waals surface area contributed by atoms with E-state index in [2.05, 4.69) is 61.2 Å². The fourth-order valence-electron chi connectivity index (χ4n) is 2.38. The highest BCUT2D eigenvalue weighted by Crippen LogP contribution is 2.20. The van der Waals surface area contributed by atoms with Crippen LogP contribution < -0.4 is 11.1 Å². The Kier molecular flexibility index (Phi) is 4.27. The Balaban J connectivity index is 1.89. The molecule has 0 radical (unpaired) electrons. The molecule has 0 amide bonds. The number of nitrogens with two attached hydrogens (primary N) is 1. The van der Waals surface area contributed by atoms with Crippen LogP contribution in [0.5, 0.6) is 0 Å². The Morgan fingerprint density at radius 1 is 1.21 bits per heavy atom. The van der Waals surface area contributed by atoms with Gasteiger partial charge in [-0.15, -0.1) is 0 Å². The third-order valence-corrected chi connectivity index (χ3v) is 3.50. The molecule has 1 heterocycles. The van der Waals surface area contributed by atoms with E-state index in [-0.39, 0.29) is 5.54 Å². The molecule has 0 aliphatic carbocycles. The molecule has 3 heteroatoms. The van der Waals surface area contributed by atoms with Gasteiger partial charge < -0.3 is 15.6 Å². The lowest BCUT2D eigenvalue weighted by molar-refractivity contribution is 0.456. The second-order valence-electron chi connectivity index (χ2n) is 6.02. The first-order valence-corrected chi connectivity index (χ1v) is 7.00. The molecule has 0 fully saturated rings. The van der Waals surface area contributed by atoms with Crippen molar-refractivity contribution in [1.82, 2.24) is 9.88 Å². The fourth-order valence-corrected chi connectivity index (χ4v) is 2.38. The summed E-state index contributed by atoms with van der Waals surface area (Å²) in [6.45, 7) is 6.12. The van der Waals surface area contributed by atoms with E-state index >= 15 is 0 Å². The summed E-state index contributed by atoms with van der Waals surface area (Å²) < 4.78 is 2.20. The van der Waals surface area contributed by atoms with Crippen LogP contribution in [0.25, 0.3) is 10.9 Å². The van der Waals surface area contributed by atoms with Crippen molar-refractivity contribution in [3.63, 3.8) is 0 Å². The summed E-state index contributed by atoms with van der Waals surface area (Å²) in [5, 5.41) is 4.84. The molecule has 0 bridgehead atoms. The van der Waals surface area contributed by atoms with Crippen molar-refractivity contribution in [2.24, 2.45) is 12.8 Å². The van der Waals surface area contributed by atoms with Crippen LogP contribution in [0, 0.1) is 0 Å². The number of benzene rings is 1. The number of nitrogens with one attached hydrogen (secondary N) is 1.